The molecule has 0 atom stereocenters. The quantitative estimate of drug-likeness (QED) is 0.587. The van der Waals surface area contributed by atoms with Crippen LogP contribution >= 0.6 is 27.7 Å². The molecule has 1 aliphatic carbocycles. The molecule has 0 saturated heterocycles. The Morgan fingerprint density at radius 1 is 1.40 bits per heavy atom. The standard InChI is InChI=1S/C12H14BrN3O2S2/c1-19-12-14-7-8-6-10(13)20(17,18)16(11(8)15-12)9-4-2-3-5-9/h6-7,9H,2-5H2,1H3. The summed E-state index contributed by atoms with van der Waals surface area (Å²) < 4.78 is 26.9. The zero-order valence-corrected chi connectivity index (χ0v) is 14.1. The molecule has 20 heavy (non-hydrogen) atoms. The average Bonchev–Trinajstić information content (AvgIpc) is 2.93. The molecule has 0 aromatic carbocycles. The molecule has 108 valence electrons. The van der Waals surface area contributed by atoms with Crippen LogP contribution < -0.4 is 4.31 Å². The predicted molar refractivity (Wildman–Crippen MR) is 84.4 cm³/mol. The highest BCUT2D eigenvalue weighted by molar-refractivity contribution is 9.13. The summed E-state index contributed by atoms with van der Waals surface area (Å²) in [5.41, 5.74) is 0.747. The highest BCUT2D eigenvalue weighted by Gasteiger charge is 2.39. The lowest BCUT2D eigenvalue weighted by Gasteiger charge is -2.32. The fourth-order valence-electron chi connectivity index (χ4n) is 2.66. The number of aromatic nitrogens is 2. The van der Waals surface area contributed by atoms with Crippen molar-refractivity contribution in [2.24, 2.45) is 0 Å². The van der Waals surface area contributed by atoms with Crippen LogP contribution in [0.25, 0.3) is 6.08 Å². The molecule has 1 aromatic rings. The molecule has 3 rings (SSSR count). The SMILES string of the molecule is CSc1ncc2c(n1)N(C1CCCC1)S(=O)(=O)C(Br)=C2. The Kier molecular flexibility index (Phi) is 3.81. The lowest BCUT2D eigenvalue weighted by Crippen LogP contribution is -2.41. The van der Waals surface area contributed by atoms with Gasteiger partial charge in [-0.3, -0.25) is 0 Å². The molecule has 0 unspecified atom stereocenters. The molecular formula is C12H14BrN3O2S2. The van der Waals surface area contributed by atoms with Crippen molar-refractivity contribution in [3.63, 3.8) is 0 Å². The maximum Gasteiger partial charge on any atom is 0.272 e. The van der Waals surface area contributed by atoms with Gasteiger partial charge in [0.25, 0.3) is 10.0 Å². The van der Waals surface area contributed by atoms with Gasteiger partial charge in [-0.05, 0) is 41.1 Å². The number of nitrogens with zero attached hydrogens (tertiary/aromatic N) is 3. The number of hydrogen-bond donors (Lipinski definition) is 0. The van der Waals surface area contributed by atoms with E-state index in [2.05, 4.69) is 25.9 Å². The van der Waals surface area contributed by atoms with Gasteiger partial charge in [0.1, 0.15) is 3.81 Å². The first-order chi connectivity index (χ1) is 9.54. The third-order valence-corrected chi connectivity index (χ3v) is 7.21. The van der Waals surface area contributed by atoms with Gasteiger partial charge in [0.15, 0.2) is 11.0 Å². The average molecular weight is 376 g/mol. The minimum Gasteiger partial charge on any atom is -0.246 e. The summed E-state index contributed by atoms with van der Waals surface area (Å²) in [5.74, 6) is 0.513. The second kappa shape index (κ2) is 5.31. The first kappa shape index (κ1) is 14.3. The van der Waals surface area contributed by atoms with Crippen molar-refractivity contribution in [2.75, 3.05) is 10.6 Å². The van der Waals surface area contributed by atoms with Crippen LogP contribution in [0.2, 0.25) is 0 Å². The normalized spacial score (nSPS) is 21.7. The van der Waals surface area contributed by atoms with E-state index in [9.17, 15) is 8.42 Å². The van der Waals surface area contributed by atoms with Crippen LogP contribution in [0.3, 0.4) is 0 Å². The Labute approximate surface area is 131 Å². The van der Waals surface area contributed by atoms with E-state index < -0.39 is 10.0 Å². The molecule has 0 radical (unpaired) electrons. The summed E-state index contributed by atoms with van der Waals surface area (Å²) in [5, 5.41) is 0.591. The molecule has 1 aliphatic heterocycles. The van der Waals surface area contributed by atoms with Crippen LogP contribution in [0.15, 0.2) is 15.2 Å². The number of halogens is 1. The van der Waals surface area contributed by atoms with Crippen molar-refractivity contribution >= 4 is 49.6 Å². The zero-order valence-electron chi connectivity index (χ0n) is 10.9. The van der Waals surface area contributed by atoms with Gasteiger partial charge in [-0.25, -0.2) is 22.7 Å². The van der Waals surface area contributed by atoms with E-state index in [4.69, 9.17) is 0 Å². The first-order valence-corrected chi connectivity index (χ1v) is 9.82. The van der Waals surface area contributed by atoms with Crippen molar-refractivity contribution < 1.29 is 8.42 Å². The fourth-order valence-corrected chi connectivity index (χ4v) is 5.15. The topological polar surface area (TPSA) is 63.2 Å². The number of sulfonamides is 1. The Morgan fingerprint density at radius 2 is 2.10 bits per heavy atom. The Balaban J connectivity index is 2.18. The second-order valence-electron chi connectivity index (χ2n) is 4.82. The molecule has 8 heteroatoms. The van der Waals surface area contributed by atoms with E-state index in [1.807, 2.05) is 6.26 Å². The number of thioether (sulfide) groups is 1. The summed E-state index contributed by atoms with van der Waals surface area (Å²) in [6.45, 7) is 0. The van der Waals surface area contributed by atoms with Crippen LogP contribution in [0, 0.1) is 0 Å². The van der Waals surface area contributed by atoms with Gasteiger partial charge in [0.05, 0.1) is 0 Å². The maximum absolute atomic E-state index is 12.6. The van der Waals surface area contributed by atoms with Gasteiger partial charge in [0, 0.05) is 17.8 Å². The molecule has 0 N–H and O–H groups in total. The monoisotopic (exact) mass is 375 g/mol. The van der Waals surface area contributed by atoms with E-state index in [1.54, 1.807) is 12.3 Å². The number of fused-ring (bicyclic) bond motifs is 1. The highest BCUT2D eigenvalue weighted by Crippen LogP contribution is 2.40. The lowest BCUT2D eigenvalue weighted by atomic mass is 10.2. The van der Waals surface area contributed by atoms with E-state index in [1.165, 1.54) is 16.1 Å². The smallest absolute Gasteiger partial charge is 0.246 e. The molecule has 0 bridgehead atoms. The van der Waals surface area contributed by atoms with Crippen molar-refractivity contribution in [3.8, 4) is 0 Å². The summed E-state index contributed by atoms with van der Waals surface area (Å²) in [6, 6.07) is 0.00426. The maximum atomic E-state index is 12.6. The van der Waals surface area contributed by atoms with E-state index >= 15 is 0 Å². The van der Waals surface area contributed by atoms with E-state index in [0.717, 1.165) is 31.2 Å². The molecule has 1 aromatic heterocycles. The fraction of sp³-hybridized carbons (Fsp3) is 0.500. The third kappa shape index (κ3) is 2.27. The Morgan fingerprint density at radius 3 is 2.75 bits per heavy atom. The minimum atomic E-state index is -3.51. The molecule has 2 aliphatic rings. The molecule has 0 spiro atoms. The highest BCUT2D eigenvalue weighted by atomic mass is 79.9. The largest absolute Gasteiger partial charge is 0.272 e. The zero-order chi connectivity index (χ0) is 14.3. The lowest BCUT2D eigenvalue weighted by molar-refractivity contribution is 0.580. The van der Waals surface area contributed by atoms with Crippen LogP contribution in [0.5, 0.6) is 0 Å². The van der Waals surface area contributed by atoms with Crippen molar-refractivity contribution in [2.45, 2.75) is 36.9 Å². The number of hydrogen-bond acceptors (Lipinski definition) is 5. The van der Waals surface area contributed by atoms with E-state index in [0.29, 0.717) is 11.0 Å². The molecule has 1 saturated carbocycles. The van der Waals surface area contributed by atoms with Gasteiger partial charge in [0.2, 0.25) is 0 Å². The molecule has 0 amide bonds. The van der Waals surface area contributed by atoms with Crippen LogP contribution in [-0.2, 0) is 10.0 Å². The number of anilines is 1. The van der Waals surface area contributed by atoms with Gasteiger partial charge in [-0.15, -0.1) is 0 Å². The van der Waals surface area contributed by atoms with E-state index in [-0.39, 0.29) is 9.86 Å². The molecule has 1 fully saturated rings. The summed E-state index contributed by atoms with van der Waals surface area (Å²) in [7, 11) is -3.51. The van der Waals surface area contributed by atoms with Gasteiger partial charge in [-0.2, -0.15) is 0 Å². The van der Waals surface area contributed by atoms with Gasteiger partial charge >= 0.3 is 0 Å². The molecule has 5 nitrogen and oxygen atoms in total. The minimum absolute atomic E-state index is 0.00426. The Hall–Kier alpha value is -0.600. The van der Waals surface area contributed by atoms with Crippen LogP contribution in [0.4, 0.5) is 5.82 Å². The van der Waals surface area contributed by atoms with Crippen LogP contribution in [-0.4, -0.2) is 30.7 Å². The summed E-state index contributed by atoms with van der Waals surface area (Å²) >= 11 is 4.58. The van der Waals surface area contributed by atoms with Crippen molar-refractivity contribution in [1.29, 1.82) is 0 Å². The first-order valence-electron chi connectivity index (χ1n) is 6.36. The van der Waals surface area contributed by atoms with Crippen molar-refractivity contribution in [1.82, 2.24) is 9.97 Å². The molecule has 2 heterocycles. The predicted octanol–water partition coefficient (Wildman–Crippen LogP) is 2.98. The third-order valence-electron chi connectivity index (χ3n) is 3.60. The number of rotatable bonds is 2. The van der Waals surface area contributed by atoms with Crippen molar-refractivity contribution in [3.05, 3.63) is 15.6 Å². The van der Waals surface area contributed by atoms with Gasteiger partial charge < -0.3 is 0 Å². The second-order valence-corrected chi connectivity index (χ2v) is 8.76. The Bertz CT molecular complexity index is 669. The summed E-state index contributed by atoms with van der Waals surface area (Å²) in [4.78, 5) is 8.64. The van der Waals surface area contributed by atoms with Crippen LogP contribution in [0.1, 0.15) is 31.2 Å². The summed E-state index contributed by atoms with van der Waals surface area (Å²) in [6.07, 6.45) is 9.05. The molecular weight excluding hydrogens is 362 g/mol. The van der Waals surface area contributed by atoms with Gasteiger partial charge in [-0.1, -0.05) is 24.6 Å².